The first-order valence-corrected chi connectivity index (χ1v) is 7.46. The van der Waals surface area contributed by atoms with Gasteiger partial charge in [0.25, 0.3) is 5.91 Å². The first kappa shape index (κ1) is 17.2. The minimum Gasteiger partial charge on any atom is -0.494 e. The Hall–Kier alpha value is -2.15. The van der Waals surface area contributed by atoms with Crippen molar-refractivity contribution in [2.24, 2.45) is 0 Å². The molecular weight excluding hydrogens is 372 g/mol. The van der Waals surface area contributed by atoms with Gasteiger partial charge in [-0.2, -0.15) is 0 Å². The largest absolute Gasteiger partial charge is 0.494 e. The van der Waals surface area contributed by atoms with E-state index >= 15 is 0 Å². The van der Waals surface area contributed by atoms with Crippen LogP contribution in [0, 0.1) is 11.6 Å². The second-order valence-corrected chi connectivity index (χ2v) is 5.53. The van der Waals surface area contributed by atoms with Crippen LogP contribution in [-0.2, 0) is 4.79 Å². The van der Waals surface area contributed by atoms with Gasteiger partial charge in [0.2, 0.25) is 0 Å². The summed E-state index contributed by atoms with van der Waals surface area (Å²) in [5.74, 6) is -1.06. The van der Waals surface area contributed by atoms with Gasteiger partial charge in [0, 0.05) is 11.8 Å². The number of amides is 1. The van der Waals surface area contributed by atoms with E-state index in [0.29, 0.717) is 10.2 Å². The molecule has 2 aromatic rings. The predicted octanol–water partition coefficient (Wildman–Crippen LogP) is 4.14. The van der Waals surface area contributed by atoms with Crippen molar-refractivity contribution >= 4 is 27.5 Å². The first-order valence-electron chi connectivity index (χ1n) is 6.67. The number of hydrogen-bond acceptors (Lipinski definition) is 3. The summed E-state index contributed by atoms with van der Waals surface area (Å²) < 4.78 is 37.3. The monoisotopic (exact) mass is 385 g/mol. The Kier molecular flexibility index (Phi) is 5.54. The van der Waals surface area contributed by atoms with Crippen molar-refractivity contribution in [1.29, 1.82) is 0 Å². The lowest BCUT2D eigenvalue weighted by Crippen LogP contribution is -2.30. The lowest BCUT2D eigenvalue weighted by molar-refractivity contribution is -0.122. The maximum Gasteiger partial charge on any atom is 0.265 e. The zero-order chi connectivity index (χ0) is 17.0. The fourth-order valence-corrected chi connectivity index (χ4v) is 2.25. The van der Waals surface area contributed by atoms with E-state index in [1.165, 1.54) is 44.4 Å². The van der Waals surface area contributed by atoms with E-state index in [9.17, 15) is 13.6 Å². The third kappa shape index (κ3) is 4.41. The van der Waals surface area contributed by atoms with Crippen LogP contribution in [0.5, 0.6) is 11.5 Å². The van der Waals surface area contributed by atoms with Crippen LogP contribution in [0.3, 0.4) is 0 Å². The molecule has 0 saturated heterocycles. The van der Waals surface area contributed by atoms with Gasteiger partial charge in [-0.05, 0) is 53.2 Å². The maximum absolute atomic E-state index is 13.6. The Labute approximate surface area is 140 Å². The van der Waals surface area contributed by atoms with Gasteiger partial charge in [-0.3, -0.25) is 4.79 Å². The summed E-state index contributed by atoms with van der Waals surface area (Å²) in [6, 6.07) is 7.95. The number of nitrogens with one attached hydrogen (secondary N) is 1. The average Bonchev–Trinajstić information content (AvgIpc) is 2.50. The molecule has 0 radical (unpaired) electrons. The lowest BCUT2D eigenvalue weighted by atomic mass is 10.2. The van der Waals surface area contributed by atoms with E-state index in [2.05, 4.69) is 21.2 Å². The van der Waals surface area contributed by atoms with Gasteiger partial charge in [0.1, 0.15) is 11.6 Å². The van der Waals surface area contributed by atoms with Gasteiger partial charge in [0.15, 0.2) is 17.7 Å². The number of methoxy groups -OCH3 is 1. The van der Waals surface area contributed by atoms with Crippen LogP contribution in [-0.4, -0.2) is 19.1 Å². The fraction of sp³-hybridized carbons (Fsp3) is 0.188. The van der Waals surface area contributed by atoms with E-state index in [0.717, 1.165) is 6.07 Å². The van der Waals surface area contributed by atoms with Gasteiger partial charge in [0.05, 0.1) is 11.6 Å². The third-order valence-electron chi connectivity index (χ3n) is 2.99. The SMILES string of the molecule is COc1ccc(NC(=O)C(C)Oc2ccc(F)cc2Br)cc1F. The molecule has 0 spiro atoms. The zero-order valence-electron chi connectivity index (χ0n) is 12.4. The van der Waals surface area contributed by atoms with Crippen LogP contribution in [0.2, 0.25) is 0 Å². The molecule has 0 aromatic heterocycles. The Morgan fingerprint density at radius 3 is 2.48 bits per heavy atom. The van der Waals surface area contributed by atoms with E-state index in [4.69, 9.17) is 9.47 Å². The second kappa shape index (κ2) is 7.41. The quantitative estimate of drug-likeness (QED) is 0.840. The summed E-state index contributed by atoms with van der Waals surface area (Å²) in [6.07, 6.45) is -0.859. The molecule has 0 heterocycles. The van der Waals surface area contributed by atoms with Crippen LogP contribution in [0.1, 0.15) is 6.92 Å². The predicted molar refractivity (Wildman–Crippen MR) is 85.8 cm³/mol. The topological polar surface area (TPSA) is 47.6 Å². The molecule has 2 rings (SSSR count). The highest BCUT2D eigenvalue weighted by atomic mass is 79.9. The van der Waals surface area contributed by atoms with Crippen molar-refractivity contribution < 1.29 is 23.0 Å². The molecule has 0 aliphatic carbocycles. The molecule has 1 atom stereocenters. The molecule has 0 aliphatic rings. The highest BCUT2D eigenvalue weighted by Gasteiger charge is 2.17. The minimum atomic E-state index is -0.859. The average molecular weight is 386 g/mol. The van der Waals surface area contributed by atoms with Crippen LogP contribution in [0.15, 0.2) is 40.9 Å². The summed E-state index contributed by atoms with van der Waals surface area (Å²) in [5.41, 5.74) is 0.280. The summed E-state index contributed by atoms with van der Waals surface area (Å²) in [5, 5.41) is 2.54. The number of carbonyl (C=O) groups is 1. The number of carbonyl (C=O) groups excluding carboxylic acids is 1. The summed E-state index contributed by atoms with van der Waals surface area (Å²) in [6.45, 7) is 1.53. The lowest BCUT2D eigenvalue weighted by Gasteiger charge is -2.16. The molecule has 1 amide bonds. The molecule has 0 saturated carbocycles. The Morgan fingerprint density at radius 2 is 1.87 bits per heavy atom. The molecule has 7 heteroatoms. The second-order valence-electron chi connectivity index (χ2n) is 4.67. The molecule has 0 bridgehead atoms. The molecule has 4 nitrogen and oxygen atoms in total. The first-order chi connectivity index (χ1) is 10.9. The molecule has 0 fully saturated rings. The maximum atomic E-state index is 13.6. The number of rotatable bonds is 5. The summed E-state index contributed by atoms with van der Waals surface area (Å²) in [4.78, 5) is 12.1. The van der Waals surface area contributed by atoms with E-state index in [1.54, 1.807) is 0 Å². The molecule has 0 aliphatic heterocycles. The van der Waals surface area contributed by atoms with Gasteiger partial charge in [-0.15, -0.1) is 0 Å². The third-order valence-corrected chi connectivity index (χ3v) is 3.61. The smallest absolute Gasteiger partial charge is 0.265 e. The highest BCUT2D eigenvalue weighted by molar-refractivity contribution is 9.10. The molecule has 2 aromatic carbocycles. The van der Waals surface area contributed by atoms with E-state index < -0.39 is 23.6 Å². The van der Waals surface area contributed by atoms with E-state index in [-0.39, 0.29) is 11.4 Å². The number of halogens is 3. The van der Waals surface area contributed by atoms with Gasteiger partial charge >= 0.3 is 0 Å². The van der Waals surface area contributed by atoms with Gasteiger partial charge in [-0.25, -0.2) is 8.78 Å². The van der Waals surface area contributed by atoms with Crippen molar-refractivity contribution in [3.05, 3.63) is 52.5 Å². The number of benzene rings is 2. The molecule has 1 N–H and O–H groups in total. The van der Waals surface area contributed by atoms with E-state index in [1.807, 2.05) is 0 Å². The highest BCUT2D eigenvalue weighted by Crippen LogP contribution is 2.27. The molecule has 1 unspecified atom stereocenters. The zero-order valence-corrected chi connectivity index (χ0v) is 14.0. The van der Waals surface area contributed by atoms with Crippen molar-refractivity contribution in [3.8, 4) is 11.5 Å². The van der Waals surface area contributed by atoms with Gasteiger partial charge in [-0.1, -0.05) is 0 Å². The van der Waals surface area contributed by atoms with Crippen molar-refractivity contribution in [2.45, 2.75) is 13.0 Å². The summed E-state index contributed by atoms with van der Waals surface area (Å²) >= 11 is 3.16. The summed E-state index contributed by atoms with van der Waals surface area (Å²) in [7, 11) is 1.35. The van der Waals surface area contributed by atoms with Crippen LogP contribution < -0.4 is 14.8 Å². The van der Waals surface area contributed by atoms with Crippen LogP contribution in [0.4, 0.5) is 14.5 Å². The standard InChI is InChI=1S/C16H14BrF2NO3/c1-9(23-14-5-3-10(18)7-12(14)17)16(21)20-11-4-6-15(22-2)13(19)8-11/h3-9H,1-2H3,(H,20,21). The van der Waals surface area contributed by atoms with Gasteiger partial charge < -0.3 is 14.8 Å². The minimum absolute atomic E-state index is 0.0857. The fourth-order valence-electron chi connectivity index (χ4n) is 1.80. The van der Waals surface area contributed by atoms with Crippen molar-refractivity contribution in [2.75, 3.05) is 12.4 Å². The Balaban J connectivity index is 2.03. The normalized spacial score (nSPS) is 11.7. The van der Waals surface area contributed by atoms with Crippen molar-refractivity contribution in [3.63, 3.8) is 0 Å². The number of hydrogen-bond donors (Lipinski definition) is 1. The van der Waals surface area contributed by atoms with Crippen molar-refractivity contribution in [1.82, 2.24) is 0 Å². The molecule has 122 valence electrons. The molecular formula is C16H14BrF2NO3. The Bertz CT molecular complexity index is 724. The number of ether oxygens (including phenoxy) is 2. The molecule has 23 heavy (non-hydrogen) atoms. The number of anilines is 1. The van der Waals surface area contributed by atoms with Crippen LogP contribution >= 0.6 is 15.9 Å². The Morgan fingerprint density at radius 1 is 1.17 bits per heavy atom. The van der Waals surface area contributed by atoms with Crippen LogP contribution in [0.25, 0.3) is 0 Å².